The van der Waals surface area contributed by atoms with E-state index in [0.717, 1.165) is 24.8 Å². The van der Waals surface area contributed by atoms with Crippen molar-refractivity contribution in [3.05, 3.63) is 35.6 Å². The number of furan rings is 1. The molecular formula is C15H17NO4. The molecule has 2 heterocycles. The Kier molecular flexibility index (Phi) is 3.46. The number of carboxylic acid groups (broad SMARTS) is 1. The predicted octanol–water partition coefficient (Wildman–Crippen LogP) is 2.09. The minimum absolute atomic E-state index is 0.00580. The molecule has 0 saturated carbocycles. The molecule has 5 nitrogen and oxygen atoms in total. The Labute approximate surface area is 116 Å². The van der Waals surface area contributed by atoms with E-state index in [2.05, 4.69) is 4.90 Å². The monoisotopic (exact) mass is 275 g/mol. The molecule has 1 aliphatic heterocycles. The lowest BCUT2D eigenvalue weighted by Crippen LogP contribution is -2.37. The van der Waals surface area contributed by atoms with E-state index in [-0.39, 0.29) is 11.9 Å². The van der Waals surface area contributed by atoms with Crippen LogP contribution in [-0.2, 0) is 6.54 Å². The molecule has 1 fully saturated rings. The Morgan fingerprint density at radius 1 is 1.40 bits per heavy atom. The molecule has 0 aliphatic carbocycles. The second kappa shape index (κ2) is 5.26. The van der Waals surface area contributed by atoms with Crippen molar-refractivity contribution in [2.45, 2.75) is 25.5 Å². The number of likely N-dealkylation sites (tertiary alicyclic amines) is 1. The summed E-state index contributed by atoms with van der Waals surface area (Å²) in [6, 6.07) is 7.35. The summed E-state index contributed by atoms with van der Waals surface area (Å²) < 4.78 is 5.44. The van der Waals surface area contributed by atoms with Crippen LogP contribution in [0.2, 0.25) is 0 Å². The van der Waals surface area contributed by atoms with Crippen LogP contribution in [-0.4, -0.2) is 40.3 Å². The Balaban J connectivity index is 1.96. The smallest absolute Gasteiger partial charge is 0.372 e. The van der Waals surface area contributed by atoms with Gasteiger partial charge in [-0.25, -0.2) is 4.79 Å². The third-order valence-corrected chi connectivity index (χ3v) is 3.75. The first-order valence-electron chi connectivity index (χ1n) is 6.79. The second-order valence-corrected chi connectivity index (χ2v) is 5.24. The van der Waals surface area contributed by atoms with Crippen LogP contribution in [0.3, 0.4) is 0 Å². The number of fused-ring (bicyclic) bond motifs is 1. The van der Waals surface area contributed by atoms with Crippen molar-refractivity contribution in [3.8, 4) is 0 Å². The van der Waals surface area contributed by atoms with Crippen LogP contribution in [0.1, 0.15) is 29.0 Å². The van der Waals surface area contributed by atoms with Gasteiger partial charge in [0.2, 0.25) is 5.76 Å². The predicted molar refractivity (Wildman–Crippen MR) is 73.7 cm³/mol. The van der Waals surface area contributed by atoms with Crippen LogP contribution >= 0.6 is 0 Å². The van der Waals surface area contributed by atoms with E-state index in [9.17, 15) is 15.0 Å². The summed E-state index contributed by atoms with van der Waals surface area (Å²) in [7, 11) is 0. The lowest BCUT2D eigenvalue weighted by Gasteiger charge is -2.29. The normalized spacial score (nSPS) is 20.4. The van der Waals surface area contributed by atoms with Gasteiger partial charge < -0.3 is 14.6 Å². The Morgan fingerprint density at radius 2 is 2.20 bits per heavy atom. The number of carbonyl (C=O) groups is 1. The van der Waals surface area contributed by atoms with Crippen molar-refractivity contribution in [1.29, 1.82) is 0 Å². The fourth-order valence-electron chi connectivity index (χ4n) is 2.83. The highest BCUT2D eigenvalue weighted by molar-refractivity contribution is 5.95. The van der Waals surface area contributed by atoms with E-state index in [1.807, 2.05) is 18.2 Å². The van der Waals surface area contributed by atoms with Gasteiger partial charge >= 0.3 is 5.97 Å². The number of benzene rings is 1. The molecule has 1 aromatic carbocycles. The third kappa shape index (κ3) is 2.42. The van der Waals surface area contributed by atoms with E-state index >= 15 is 0 Å². The molecule has 1 saturated heterocycles. The van der Waals surface area contributed by atoms with Gasteiger partial charge in [-0.15, -0.1) is 0 Å². The maximum absolute atomic E-state index is 11.3. The number of piperidine rings is 1. The fraction of sp³-hybridized carbons (Fsp3) is 0.400. The highest BCUT2D eigenvalue weighted by Gasteiger charge is 2.24. The molecule has 20 heavy (non-hydrogen) atoms. The van der Waals surface area contributed by atoms with Crippen molar-refractivity contribution >= 4 is 16.9 Å². The lowest BCUT2D eigenvalue weighted by molar-refractivity contribution is 0.0630. The summed E-state index contributed by atoms with van der Waals surface area (Å²) >= 11 is 0. The van der Waals surface area contributed by atoms with E-state index in [0.29, 0.717) is 24.2 Å². The summed E-state index contributed by atoms with van der Waals surface area (Å²) in [5.74, 6) is -1.04. The third-order valence-electron chi connectivity index (χ3n) is 3.75. The molecule has 2 N–H and O–H groups in total. The van der Waals surface area contributed by atoms with Gasteiger partial charge in [-0.05, 0) is 25.5 Å². The zero-order chi connectivity index (χ0) is 14.1. The number of para-hydroxylation sites is 1. The SMILES string of the molecule is O=C(O)c1oc2ccccc2c1CN1CCCC(O)C1. The lowest BCUT2D eigenvalue weighted by atomic mass is 10.1. The van der Waals surface area contributed by atoms with Gasteiger partial charge in [0, 0.05) is 24.0 Å². The summed E-state index contributed by atoms with van der Waals surface area (Å²) in [5.41, 5.74) is 1.29. The average Bonchev–Trinajstić information content (AvgIpc) is 2.78. The highest BCUT2D eigenvalue weighted by Crippen LogP contribution is 2.28. The largest absolute Gasteiger partial charge is 0.475 e. The first-order chi connectivity index (χ1) is 9.65. The number of β-amino-alcohol motifs (C(OH)–C–C–N with tert-alkyl or cyclic N) is 1. The first-order valence-corrected chi connectivity index (χ1v) is 6.79. The van der Waals surface area contributed by atoms with Gasteiger partial charge in [0.1, 0.15) is 5.58 Å². The van der Waals surface area contributed by atoms with Crippen LogP contribution in [0.25, 0.3) is 11.0 Å². The number of rotatable bonds is 3. The van der Waals surface area contributed by atoms with E-state index in [4.69, 9.17) is 4.42 Å². The van der Waals surface area contributed by atoms with Crippen molar-refractivity contribution in [1.82, 2.24) is 4.90 Å². The highest BCUT2D eigenvalue weighted by atomic mass is 16.4. The summed E-state index contributed by atoms with van der Waals surface area (Å²) in [6.07, 6.45) is 1.42. The van der Waals surface area contributed by atoms with Crippen LogP contribution in [0, 0.1) is 0 Å². The summed E-state index contributed by atoms with van der Waals surface area (Å²) in [4.78, 5) is 13.4. The number of nitrogens with zero attached hydrogens (tertiary/aromatic N) is 1. The van der Waals surface area contributed by atoms with Crippen LogP contribution < -0.4 is 0 Å². The molecule has 1 aromatic heterocycles. The zero-order valence-corrected chi connectivity index (χ0v) is 11.1. The number of hydrogen-bond acceptors (Lipinski definition) is 4. The van der Waals surface area contributed by atoms with Crippen LogP contribution in [0.4, 0.5) is 0 Å². The van der Waals surface area contributed by atoms with Gasteiger partial charge in [-0.1, -0.05) is 18.2 Å². The number of aliphatic hydroxyl groups is 1. The maximum Gasteiger partial charge on any atom is 0.372 e. The first kappa shape index (κ1) is 13.1. The van der Waals surface area contributed by atoms with Crippen molar-refractivity contribution in [2.24, 2.45) is 0 Å². The zero-order valence-electron chi connectivity index (χ0n) is 11.1. The Hall–Kier alpha value is -1.85. The minimum Gasteiger partial charge on any atom is -0.475 e. The molecule has 3 rings (SSSR count). The van der Waals surface area contributed by atoms with Crippen LogP contribution in [0.5, 0.6) is 0 Å². The van der Waals surface area contributed by atoms with E-state index < -0.39 is 5.97 Å². The molecule has 106 valence electrons. The van der Waals surface area contributed by atoms with Gasteiger partial charge in [-0.3, -0.25) is 4.90 Å². The molecule has 0 amide bonds. The molecule has 1 aliphatic rings. The van der Waals surface area contributed by atoms with Crippen molar-refractivity contribution in [3.63, 3.8) is 0 Å². The molecule has 1 atom stereocenters. The van der Waals surface area contributed by atoms with Gasteiger partial charge in [0.25, 0.3) is 0 Å². The minimum atomic E-state index is -1.05. The quantitative estimate of drug-likeness (QED) is 0.897. The standard InChI is InChI=1S/C15H17NO4/c17-10-4-3-7-16(8-10)9-12-11-5-1-2-6-13(11)20-14(12)15(18)19/h1-2,5-6,10,17H,3-4,7-9H2,(H,18,19). The number of aromatic carboxylic acids is 1. The molecular weight excluding hydrogens is 258 g/mol. The molecule has 0 radical (unpaired) electrons. The number of aliphatic hydroxyl groups excluding tert-OH is 1. The van der Waals surface area contributed by atoms with Crippen molar-refractivity contribution in [2.75, 3.05) is 13.1 Å². The molecule has 2 aromatic rings. The van der Waals surface area contributed by atoms with E-state index in [1.165, 1.54) is 0 Å². The summed E-state index contributed by atoms with van der Waals surface area (Å²) in [6.45, 7) is 1.95. The van der Waals surface area contributed by atoms with Gasteiger partial charge in [0.05, 0.1) is 6.10 Å². The Bertz CT molecular complexity index is 634. The van der Waals surface area contributed by atoms with E-state index in [1.54, 1.807) is 6.07 Å². The molecule has 5 heteroatoms. The fourth-order valence-corrected chi connectivity index (χ4v) is 2.83. The molecule has 0 bridgehead atoms. The number of carboxylic acids is 1. The molecule has 1 unspecified atom stereocenters. The van der Waals surface area contributed by atoms with Crippen molar-refractivity contribution < 1.29 is 19.4 Å². The number of hydrogen-bond donors (Lipinski definition) is 2. The maximum atomic E-state index is 11.3. The van der Waals surface area contributed by atoms with Gasteiger partial charge in [-0.2, -0.15) is 0 Å². The topological polar surface area (TPSA) is 73.9 Å². The van der Waals surface area contributed by atoms with Crippen LogP contribution in [0.15, 0.2) is 28.7 Å². The average molecular weight is 275 g/mol. The Morgan fingerprint density at radius 3 is 2.95 bits per heavy atom. The summed E-state index contributed by atoms with van der Waals surface area (Å²) in [5, 5.41) is 19.8. The second-order valence-electron chi connectivity index (χ2n) is 5.24. The van der Waals surface area contributed by atoms with Gasteiger partial charge in [0.15, 0.2) is 0 Å². The molecule has 0 spiro atoms.